The minimum Gasteiger partial charge on any atom is -0.464 e. The minimum atomic E-state index is -1.03. The molecule has 1 aliphatic rings. The first-order chi connectivity index (χ1) is 8.47. The number of nitrogens with one attached hydrogen (secondary N) is 1. The van der Waals surface area contributed by atoms with Crippen molar-refractivity contribution in [3.8, 4) is 0 Å². The Labute approximate surface area is 104 Å². The molecule has 0 aromatic heterocycles. The highest BCUT2D eigenvalue weighted by Gasteiger charge is 2.21. The van der Waals surface area contributed by atoms with Gasteiger partial charge in [0.1, 0.15) is 17.2 Å². The van der Waals surface area contributed by atoms with Crippen molar-refractivity contribution in [3.05, 3.63) is 28.6 Å². The molecule has 0 atom stereocenters. The van der Waals surface area contributed by atoms with E-state index in [9.17, 15) is 14.5 Å². The van der Waals surface area contributed by atoms with Crippen LogP contribution in [0.3, 0.4) is 0 Å². The maximum Gasteiger partial charge on any atom is 0.354 e. The number of nitroso groups, excluding NO2 is 1. The van der Waals surface area contributed by atoms with Crippen LogP contribution < -0.4 is 5.32 Å². The van der Waals surface area contributed by atoms with Crippen LogP contribution in [0.4, 0.5) is 0 Å². The Bertz CT molecular complexity index is 475. The molecule has 0 radical (unpaired) electrons. The molecule has 1 rings (SSSR count). The molecule has 1 N–H and O–H groups in total. The third kappa shape index (κ3) is 3.34. The lowest BCUT2D eigenvalue weighted by atomic mass is 10.2. The first kappa shape index (κ1) is 13.8. The molecule has 0 aromatic rings. The van der Waals surface area contributed by atoms with Crippen LogP contribution in [-0.4, -0.2) is 24.7 Å². The Balaban J connectivity index is 3.15. The molecule has 0 saturated heterocycles. The Morgan fingerprint density at radius 2 is 2.17 bits per heavy atom. The molecule has 96 valence electrons. The van der Waals surface area contributed by atoms with E-state index in [1.807, 2.05) is 13.8 Å². The summed E-state index contributed by atoms with van der Waals surface area (Å²) in [6.45, 7) is 3.81. The summed E-state index contributed by atoms with van der Waals surface area (Å²) in [4.78, 5) is 36.7. The average molecular weight is 251 g/mol. The Morgan fingerprint density at radius 3 is 2.67 bits per heavy atom. The highest BCUT2D eigenvalue weighted by Crippen LogP contribution is 2.11. The molecule has 0 spiro atoms. The molecule has 18 heavy (non-hydrogen) atoms. The summed E-state index contributed by atoms with van der Waals surface area (Å²) in [6.07, 6.45) is 2.83. The SMILES string of the molecule is COC(=O)C1=CC(C(=O)N=O)=N/C(=C/C(C)C)N1. The maximum absolute atomic E-state index is 11.4. The van der Waals surface area contributed by atoms with E-state index in [2.05, 4.69) is 20.2 Å². The van der Waals surface area contributed by atoms with Gasteiger partial charge >= 0.3 is 11.9 Å². The van der Waals surface area contributed by atoms with Gasteiger partial charge in [0.25, 0.3) is 0 Å². The molecule has 0 fully saturated rings. The number of methoxy groups -OCH3 is 1. The number of amides is 1. The molecular formula is C11H13N3O4. The normalized spacial score (nSPS) is 16.8. The van der Waals surface area contributed by atoms with E-state index in [0.29, 0.717) is 5.82 Å². The van der Waals surface area contributed by atoms with Gasteiger partial charge in [0.15, 0.2) is 0 Å². The Hall–Kier alpha value is -2.31. The summed E-state index contributed by atoms with van der Waals surface area (Å²) < 4.78 is 4.53. The van der Waals surface area contributed by atoms with Crippen LogP contribution in [0.2, 0.25) is 0 Å². The van der Waals surface area contributed by atoms with Gasteiger partial charge in [0.2, 0.25) is 0 Å². The zero-order chi connectivity index (χ0) is 13.7. The average Bonchev–Trinajstić information content (AvgIpc) is 2.35. The van der Waals surface area contributed by atoms with Crippen molar-refractivity contribution in [3.63, 3.8) is 0 Å². The van der Waals surface area contributed by atoms with Crippen molar-refractivity contribution in [2.24, 2.45) is 16.1 Å². The lowest BCUT2D eigenvalue weighted by Gasteiger charge is -2.15. The van der Waals surface area contributed by atoms with E-state index in [1.165, 1.54) is 7.11 Å². The molecule has 7 heteroatoms. The van der Waals surface area contributed by atoms with E-state index < -0.39 is 11.9 Å². The summed E-state index contributed by atoms with van der Waals surface area (Å²) in [6, 6.07) is 0. The molecule has 1 amide bonds. The Kier molecular flexibility index (Phi) is 4.47. The second kappa shape index (κ2) is 5.85. The molecule has 1 heterocycles. The van der Waals surface area contributed by atoms with E-state index in [-0.39, 0.29) is 17.3 Å². The highest BCUT2D eigenvalue weighted by molar-refractivity contribution is 6.44. The minimum absolute atomic E-state index is 0.0337. The van der Waals surface area contributed by atoms with E-state index in [4.69, 9.17) is 0 Å². The molecule has 0 saturated carbocycles. The first-order valence-corrected chi connectivity index (χ1v) is 5.23. The van der Waals surface area contributed by atoms with Crippen LogP contribution in [-0.2, 0) is 14.3 Å². The third-order valence-electron chi connectivity index (χ3n) is 1.98. The second-order valence-electron chi connectivity index (χ2n) is 3.86. The quantitative estimate of drug-likeness (QED) is 0.593. The van der Waals surface area contributed by atoms with Gasteiger partial charge < -0.3 is 10.1 Å². The number of ether oxygens (including phenoxy) is 1. The number of carbonyl (C=O) groups is 2. The molecule has 0 aromatic carbocycles. The van der Waals surface area contributed by atoms with Gasteiger partial charge in [-0.15, -0.1) is 4.91 Å². The van der Waals surface area contributed by atoms with Gasteiger partial charge in [-0.2, -0.15) is 0 Å². The fraction of sp³-hybridized carbons (Fsp3) is 0.364. The van der Waals surface area contributed by atoms with Crippen LogP contribution in [0, 0.1) is 10.8 Å². The summed E-state index contributed by atoms with van der Waals surface area (Å²) in [5, 5.41) is 4.98. The van der Waals surface area contributed by atoms with Gasteiger partial charge in [-0.3, -0.25) is 4.79 Å². The fourth-order valence-corrected chi connectivity index (χ4v) is 1.27. The second-order valence-corrected chi connectivity index (χ2v) is 3.86. The van der Waals surface area contributed by atoms with Gasteiger partial charge in [-0.1, -0.05) is 13.8 Å². The first-order valence-electron chi connectivity index (χ1n) is 5.23. The number of nitrogens with zero attached hydrogens (tertiary/aromatic N) is 2. The number of aliphatic imine (C=N–C) groups is 1. The number of esters is 1. The largest absolute Gasteiger partial charge is 0.464 e. The van der Waals surface area contributed by atoms with E-state index >= 15 is 0 Å². The van der Waals surface area contributed by atoms with Crippen LogP contribution in [0.1, 0.15) is 13.8 Å². The van der Waals surface area contributed by atoms with Gasteiger partial charge in [-0.05, 0) is 12.0 Å². The van der Waals surface area contributed by atoms with Crippen LogP contribution in [0.25, 0.3) is 0 Å². The van der Waals surface area contributed by atoms with Crippen molar-refractivity contribution in [2.45, 2.75) is 13.8 Å². The summed E-state index contributed by atoms with van der Waals surface area (Å²) in [5.41, 5.74) is -0.164. The number of hydrogen-bond acceptors (Lipinski definition) is 6. The fourth-order valence-electron chi connectivity index (χ4n) is 1.27. The smallest absolute Gasteiger partial charge is 0.354 e. The topological polar surface area (TPSA) is 97.2 Å². The number of rotatable bonds is 3. The molecule has 7 nitrogen and oxygen atoms in total. The maximum atomic E-state index is 11.4. The molecule has 0 aliphatic carbocycles. The third-order valence-corrected chi connectivity index (χ3v) is 1.98. The lowest BCUT2D eigenvalue weighted by Crippen LogP contribution is -2.28. The monoisotopic (exact) mass is 251 g/mol. The van der Waals surface area contributed by atoms with E-state index in [0.717, 1.165) is 6.08 Å². The summed E-state index contributed by atoms with van der Waals surface area (Å²) in [5.74, 6) is -1.24. The van der Waals surface area contributed by atoms with Crippen molar-refractivity contribution < 1.29 is 14.3 Å². The zero-order valence-electron chi connectivity index (χ0n) is 10.3. The van der Waals surface area contributed by atoms with Crippen molar-refractivity contribution in [2.75, 3.05) is 7.11 Å². The summed E-state index contributed by atoms with van der Waals surface area (Å²) in [7, 11) is 1.21. The van der Waals surface area contributed by atoms with Crippen LogP contribution in [0.15, 0.2) is 33.8 Å². The zero-order valence-corrected chi connectivity index (χ0v) is 10.3. The number of carbonyl (C=O) groups excluding carboxylic acids is 2. The highest BCUT2D eigenvalue weighted by atomic mass is 16.5. The Morgan fingerprint density at radius 1 is 1.50 bits per heavy atom. The van der Waals surface area contributed by atoms with Crippen LogP contribution in [0.5, 0.6) is 0 Å². The molecule has 1 aliphatic heterocycles. The number of hydrogen-bond donors (Lipinski definition) is 1. The van der Waals surface area contributed by atoms with Crippen molar-refractivity contribution >= 4 is 17.6 Å². The van der Waals surface area contributed by atoms with Crippen LogP contribution >= 0.6 is 0 Å². The van der Waals surface area contributed by atoms with E-state index in [1.54, 1.807) is 6.08 Å². The van der Waals surface area contributed by atoms with Gasteiger partial charge in [0, 0.05) is 11.3 Å². The molecular weight excluding hydrogens is 238 g/mol. The van der Waals surface area contributed by atoms with Crippen molar-refractivity contribution in [1.29, 1.82) is 0 Å². The predicted molar refractivity (Wildman–Crippen MR) is 64.4 cm³/mol. The van der Waals surface area contributed by atoms with Crippen molar-refractivity contribution in [1.82, 2.24) is 5.32 Å². The molecule has 0 unspecified atom stereocenters. The van der Waals surface area contributed by atoms with Gasteiger partial charge in [0.05, 0.1) is 7.11 Å². The number of allylic oxidation sites excluding steroid dienone is 1. The van der Waals surface area contributed by atoms with Gasteiger partial charge in [-0.25, -0.2) is 9.79 Å². The standard InChI is InChI=1S/C11H13N3O4/c1-6(2)4-9-12-7(10(15)14-17)5-8(13-9)11(16)18-3/h4-6,13H,1-3H3/b9-4-. The molecule has 0 bridgehead atoms. The summed E-state index contributed by atoms with van der Waals surface area (Å²) >= 11 is 0. The lowest BCUT2D eigenvalue weighted by molar-refractivity contribution is -0.136. The predicted octanol–water partition coefficient (Wildman–Crippen LogP) is 0.878.